The summed E-state index contributed by atoms with van der Waals surface area (Å²) >= 11 is 0. The number of nitrogens with two attached hydrogens (primary N) is 1. The number of halogens is 1. The lowest BCUT2D eigenvalue weighted by atomic mass is 10.2. The van der Waals surface area contributed by atoms with Crippen LogP contribution >= 0.6 is 0 Å². The number of hydrogen-bond donors (Lipinski definition) is 1. The Balaban J connectivity index is 2.18. The van der Waals surface area contributed by atoms with E-state index in [4.69, 9.17) is 10.5 Å². The van der Waals surface area contributed by atoms with Crippen LogP contribution in [0.4, 0.5) is 4.39 Å². The van der Waals surface area contributed by atoms with Crippen LogP contribution in [-0.4, -0.2) is 9.55 Å². The molecule has 2 heterocycles. The summed E-state index contributed by atoms with van der Waals surface area (Å²) in [5.41, 5.74) is 8.38. The molecule has 1 aromatic heterocycles. The van der Waals surface area contributed by atoms with E-state index in [1.54, 1.807) is 12.4 Å². The first-order valence-electron chi connectivity index (χ1n) is 5.41. The van der Waals surface area contributed by atoms with Gasteiger partial charge in [0.2, 0.25) is 0 Å². The lowest BCUT2D eigenvalue weighted by molar-refractivity contribution is 0.281. The molecular formula is C12H12FN3O. The van der Waals surface area contributed by atoms with Crippen molar-refractivity contribution in [2.45, 2.75) is 19.6 Å². The molecule has 0 unspecified atom stereocenters. The van der Waals surface area contributed by atoms with Crippen molar-refractivity contribution in [3.8, 4) is 11.4 Å². The highest BCUT2D eigenvalue weighted by atomic mass is 19.1. The van der Waals surface area contributed by atoms with E-state index in [1.807, 2.05) is 11.5 Å². The Bertz CT molecular complexity index is 577. The van der Waals surface area contributed by atoms with Crippen molar-refractivity contribution < 1.29 is 9.13 Å². The molecule has 0 bridgehead atoms. The quantitative estimate of drug-likeness (QED) is 0.818. The van der Waals surface area contributed by atoms with E-state index in [1.165, 1.54) is 12.1 Å². The molecular weight excluding hydrogens is 221 g/mol. The van der Waals surface area contributed by atoms with E-state index in [0.717, 1.165) is 17.1 Å². The van der Waals surface area contributed by atoms with E-state index in [-0.39, 0.29) is 11.9 Å². The van der Waals surface area contributed by atoms with E-state index in [9.17, 15) is 4.39 Å². The highest BCUT2D eigenvalue weighted by Gasteiger charge is 2.22. The standard InChI is InChI=1S/C12H12FN3O/c1-7(14)12-10-5-17-11-4-8(13)2-3-9(11)16(10)6-15-12/h2-4,6-7H,5,14H2,1H3/t7-/m0/s1. The van der Waals surface area contributed by atoms with E-state index in [2.05, 4.69) is 4.98 Å². The van der Waals surface area contributed by atoms with E-state index < -0.39 is 0 Å². The molecule has 2 aromatic rings. The molecule has 2 N–H and O–H groups in total. The minimum absolute atomic E-state index is 0.142. The molecule has 0 amide bonds. The zero-order valence-electron chi connectivity index (χ0n) is 9.35. The second kappa shape index (κ2) is 3.56. The van der Waals surface area contributed by atoms with Crippen LogP contribution in [0.1, 0.15) is 24.4 Å². The van der Waals surface area contributed by atoms with Crippen molar-refractivity contribution in [2.24, 2.45) is 5.73 Å². The van der Waals surface area contributed by atoms with Gasteiger partial charge >= 0.3 is 0 Å². The minimum Gasteiger partial charge on any atom is -0.485 e. The maximum atomic E-state index is 13.1. The largest absolute Gasteiger partial charge is 0.485 e. The second-order valence-electron chi connectivity index (χ2n) is 4.14. The summed E-state index contributed by atoms with van der Waals surface area (Å²) in [6, 6.07) is 4.32. The number of imidazole rings is 1. The fourth-order valence-electron chi connectivity index (χ4n) is 2.07. The number of nitrogens with zero attached hydrogens (tertiary/aromatic N) is 2. The van der Waals surface area contributed by atoms with Gasteiger partial charge in [0.1, 0.15) is 24.5 Å². The zero-order chi connectivity index (χ0) is 12.0. The number of benzene rings is 1. The number of aromatic nitrogens is 2. The predicted molar refractivity (Wildman–Crippen MR) is 60.5 cm³/mol. The van der Waals surface area contributed by atoms with Gasteiger partial charge in [-0.15, -0.1) is 0 Å². The van der Waals surface area contributed by atoms with Crippen molar-refractivity contribution in [3.05, 3.63) is 41.7 Å². The predicted octanol–water partition coefficient (Wildman–Crippen LogP) is 1.92. The number of rotatable bonds is 1. The molecule has 0 saturated heterocycles. The summed E-state index contributed by atoms with van der Waals surface area (Å²) < 4.78 is 20.5. The van der Waals surface area contributed by atoms with E-state index >= 15 is 0 Å². The zero-order valence-corrected chi connectivity index (χ0v) is 9.35. The third kappa shape index (κ3) is 1.51. The van der Waals surface area contributed by atoms with Gasteiger partial charge in [0, 0.05) is 12.1 Å². The number of ether oxygens (including phenoxy) is 1. The first-order chi connectivity index (χ1) is 8.16. The lowest BCUT2D eigenvalue weighted by Crippen LogP contribution is -2.16. The van der Waals surface area contributed by atoms with Crippen molar-refractivity contribution in [2.75, 3.05) is 0 Å². The molecule has 88 valence electrons. The fraction of sp³-hybridized carbons (Fsp3) is 0.250. The summed E-state index contributed by atoms with van der Waals surface area (Å²) in [5, 5.41) is 0. The number of hydrogen-bond acceptors (Lipinski definition) is 3. The van der Waals surface area contributed by atoms with Crippen molar-refractivity contribution in [3.63, 3.8) is 0 Å². The minimum atomic E-state index is -0.306. The maximum Gasteiger partial charge on any atom is 0.146 e. The fourth-order valence-corrected chi connectivity index (χ4v) is 2.07. The van der Waals surface area contributed by atoms with Gasteiger partial charge in [-0.05, 0) is 19.1 Å². The van der Waals surface area contributed by atoms with Crippen LogP contribution < -0.4 is 10.5 Å². The van der Waals surface area contributed by atoms with Crippen LogP contribution in [0, 0.1) is 5.82 Å². The lowest BCUT2D eigenvalue weighted by Gasteiger charge is -2.21. The monoisotopic (exact) mass is 233 g/mol. The van der Waals surface area contributed by atoms with Gasteiger partial charge in [-0.1, -0.05) is 0 Å². The molecule has 17 heavy (non-hydrogen) atoms. The molecule has 0 saturated carbocycles. The molecule has 4 nitrogen and oxygen atoms in total. The third-order valence-corrected chi connectivity index (χ3v) is 2.88. The van der Waals surface area contributed by atoms with Crippen LogP contribution in [-0.2, 0) is 6.61 Å². The highest BCUT2D eigenvalue weighted by Crippen LogP contribution is 2.32. The molecule has 3 rings (SSSR count). The van der Waals surface area contributed by atoms with Gasteiger partial charge in [0.15, 0.2) is 0 Å². The Labute approximate surface area is 97.8 Å². The first-order valence-corrected chi connectivity index (χ1v) is 5.41. The van der Waals surface area contributed by atoms with Crippen LogP contribution in [0.15, 0.2) is 24.5 Å². The maximum absolute atomic E-state index is 13.1. The van der Waals surface area contributed by atoms with Gasteiger partial charge < -0.3 is 10.5 Å². The summed E-state index contributed by atoms with van der Waals surface area (Å²) in [7, 11) is 0. The average Bonchev–Trinajstić information content (AvgIpc) is 2.72. The van der Waals surface area contributed by atoms with Gasteiger partial charge in [-0.25, -0.2) is 9.37 Å². The molecule has 1 atom stereocenters. The van der Waals surface area contributed by atoms with Gasteiger partial charge in [0.25, 0.3) is 0 Å². The molecule has 5 heteroatoms. The summed E-state index contributed by atoms with van der Waals surface area (Å²) in [4.78, 5) is 4.28. The van der Waals surface area contributed by atoms with Crippen LogP contribution in [0.25, 0.3) is 5.69 Å². The molecule has 0 radical (unpaired) electrons. The van der Waals surface area contributed by atoms with Crippen LogP contribution in [0.3, 0.4) is 0 Å². The van der Waals surface area contributed by atoms with Crippen molar-refractivity contribution in [1.82, 2.24) is 9.55 Å². The summed E-state index contributed by atoms with van der Waals surface area (Å²) in [6.45, 7) is 2.25. The van der Waals surface area contributed by atoms with Gasteiger partial charge in [-0.3, -0.25) is 4.57 Å². The molecule has 0 aliphatic carbocycles. The third-order valence-electron chi connectivity index (χ3n) is 2.88. The Morgan fingerprint density at radius 1 is 1.53 bits per heavy atom. The molecule has 1 aliphatic heterocycles. The molecule has 0 spiro atoms. The number of fused-ring (bicyclic) bond motifs is 3. The molecule has 0 fully saturated rings. The van der Waals surface area contributed by atoms with Crippen LogP contribution in [0.5, 0.6) is 5.75 Å². The first kappa shape index (κ1) is 10.3. The molecule has 1 aromatic carbocycles. The van der Waals surface area contributed by atoms with Gasteiger partial charge in [0.05, 0.1) is 17.1 Å². The molecule has 1 aliphatic rings. The highest BCUT2D eigenvalue weighted by molar-refractivity contribution is 5.50. The summed E-state index contributed by atoms with van der Waals surface area (Å²) in [6.07, 6.45) is 1.70. The SMILES string of the molecule is C[C@H](N)c1ncn2c1COc1cc(F)ccc1-2. The Hall–Kier alpha value is -1.88. The van der Waals surface area contributed by atoms with E-state index in [0.29, 0.717) is 12.4 Å². The topological polar surface area (TPSA) is 53.1 Å². The normalized spacial score (nSPS) is 14.8. The van der Waals surface area contributed by atoms with Crippen molar-refractivity contribution >= 4 is 0 Å². The summed E-state index contributed by atoms with van der Waals surface area (Å²) in [5.74, 6) is 0.228. The van der Waals surface area contributed by atoms with Gasteiger partial charge in [-0.2, -0.15) is 0 Å². The Kier molecular flexibility index (Phi) is 2.16. The average molecular weight is 233 g/mol. The Morgan fingerprint density at radius 3 is 3.12 bits per heavy atom. The second-order valence-corrected chi connectivity index (χ2v) is 4.14. The smallest absolute Gasteiger partial charge is 0.146 e. The van der Waals surface area contributed by atoms with Crippen molar-refractivity contribution in [1.29, 1.82) is 0 Å². The Morgan fingerprint density at radius 2 is 2.35 bits per heavy atom. The van der Waals surface area contributed by atoms with Crippen LogP contribution in [0.2, 0.25) is 0 Å².